The van der Waals surface area contributed by atoms with Crippen molar-refractivity contribution in [2.75, 3.05) is 39.3 Å². The Hall–Kier alpha value is -2.28. The fourth-order valence-electron chi connectivity index (χ4n) is 3.47. The van der Waals surface area contributed by atoms with Crippen LogP contribution in [0, 0.1) is 0 Å². The number of carbonyl (C=O) groups is 1. The molecule has 0 aliphatic carbocycles. The lowest BCUT2D eigenvalue weighted by Gasteiger charge is -2.34. The van der Waals surface area contributed by atoms with Crippen LogP contribution >= 0.6 is 11.5 Å². The summed E-state index contributed by atoms with van der Waals surface area (Å²) in [5.41, 5.74) is 1.91. The summed E-state index contributed by atoms with van der Waals surface area (Å²) in [6.45, 7) is 6.78. The van der Waals surface area contributed by atoms with Crippen LogP contribution in [0.25, 0.3) is 10.1 Å². The van der Waals surface area contributed by atoms with E-state index in [2.05, 4.69) is 49.8 Å². The van der Waals surface area contributed by atoms with Crippen LogP contribution in [0.2, 0.25) is 0 Å². The van der Waals surface area contributed by atoms with Crippen molar-refractivity contribution in [3.8, 4) is 0 Å². The number of carbonyl (C=O) groups excluding carboxylic acids is 1. The van der Waals surface area contributed by atoms with Crippen LogP contribution < -0.4 is 5.32 Å². The number of piperazine rings is 1. The molecule has 3 aromatic rings. The van der Waals surface area contributed by atoms with Gasteiger partial charge in [-0.15, -0.1) is 0 Å². The van der Waals surface area contributed by atoms with Gasteiger partial charge in [-0.05, 0) is 23.2 Å². The maximum Gasteiger partial charge on any atom is 0.271 e. The summed E-state index contributed by atoms with van der Waals surface area (Å²) < 4.78 is 5.37. The van der Waals surface area contributed by atoms with E-state index < -0.39 is 0 Å². The molecule has 1 aliphatic rings. The minimum atomic E-state index is -0.0739. The normalized spacial score (nSPS) is 15.9. The van der Waals surface area contributed by atoms with Crippen LogP contribution in [-0.2, 0) is 6.54 Å². The fourth-order valence-corrected chi connectivity index (χ4v) is 4.25. The van der Waals surface area contributed by atoms with Crippen molar-refractivity contribution < 1.29 is 4.79 Å². The number of rotatable bonds is 6. The smallest absolute Gasteiger partial charge is 0.271 e. The van der Waals surface area contributed by atoms with Gasteiger partial charge in [-0.3, -0.25) is 14.6 Å². The first-order chi connectivity index (χ1) is 13.3. The molecule has 0 bridgehead atoms. The summed E-state index contributed by atoms with van der Waals surface area (Å²) in [4.78, 5) is 17.3. The van der Waals surface area contributed by atoms with Crippen LogP contribution in [-0.4, -0.2) is 59.3 Å². The molecule has 1 fully saturated rings. The average molecular weight is 381 g/mol. The first-order valence-corrected chi connectivity index (χ1v) is 10.2. The molecule has 1 N–H and O–H groups in total. The van der Waals surface area contributed by atoms with Gasteiger partial charge in [0.05, 0.1) is 4.70 Å². The molecule has 6 heteroatoms. The largest absolute Gasteiger partial charge is 0.349 e. The maximum atomic E-state index is 12.4. The van der Waals surface area contributed by atoms with Crippen molar-refractivity contribution in [3.05, 3.63) is 65.9 Å². The molecule has 140 valence electrons. The minimum Gasteiger partial charge on any atom is -0.349 e. The molecule has 0 atom stereocenters. The molecule has 1 amide bonds. The number of nitrogens with one attached hydrogen (secondary N) is 1. The van der Waals surface area contributed by atoms with Gasteiger partial charge in [0.15, 0.2) is 0 Å². The van der Waals surface area contributed by atoms with Gasteiger partial charge in [-0.25, -0.2) is 0 Å². The van der Waals surface area contributed by atoms with Crippen molar-refractivity contribution in [3.63, 3.8) is 0 Å². The number of nitrogens with zero attached hydrogens (tertiary/aromatic N) is 3. The Bertz CT molecular complexity index is 887. The summed E-state index contributed by atoms with van der Waals surface area (Å²) in [5.74, 6) is -0.0739. The molecular formula is C21H24N4OS. The van der Waals surface area contributed by atoms with E-state index in [0.717, 1.165) is 49.4 Å². The molecule has 0 spiro atoms. The lowest BCUT2D eigenvalue weighted by atomic mass is 10.2. The summed E-state index contributed by atoms with van der Waals surface area (Å²) in [6, 6.07) is 18.5. The number of benzene rings is 2. The van der Waals surface area contributed by atoms with Crippen LogP contribution in [0.1, 0.15) is 16.1 Å². The molecule has 1 saturated heterocycles. The number of amides is 1. The molecule has 1 aliphatic heterocycles. The Morgan fingerprint density at radius 1 is 0.963 bits per heavy atom. The van der Waals surface area contributed by atoms with E-state index >= 15 is 0 Å². The van der Waals surface area contributed by atoms with Gasteiger partial charge in [-0.2, -0.15) is 4.37 Å². The van der Waals surface area contributed by atoms with E-state index in [1.54, 1.807) is 0 Å². The lowest BCUT2D eigenvalue weighted by Crippen LogP contribution is -2.48. The van der Waals surface area contributed by atoms with Crippen LogP contribution in [0.3, 0.4) is 0 Å². The molecule has 2 heterocycles. The standard InChI is InChI=1S/C21H24N4OS/c26-21(20-18-8-4-5-9-19(18)27-23-20)22-10-11-24-12-14-25(15-13-24)16-17-6-2-1-3-7-17/h1-9H,10-16H2,(H,22,26). The minimum absolute atomic E-state index is 0.0739. The molecule has 0 unspecified atom stereocenters. The van der Waals surface area contributed by atoms with Crippen molar-refractivity contribution in [2.45, 2.75) is 6.54 Å². The van der Waals surface area contributed by atoms with Crippen LogP contribution in [0.15, 0.2) is 54.6 Å². The van der Waals surface area contributed by atoms with E-state index in [0.29, 0.717) is 12.2 Å². The third kappa shape index (κ3) is 4.53. The second-order valence-electron chi connectivity index (χ2n) is 6.89. The van der Waals surface area contributed by atoms with Crippen LogP contribution in [0.5, 0.6) is 0 Å². The van der Waals surface area contributed by atoms with E-state index in [1.807, 2.05) is 24.3 Å². The number of aromatic nitrogens is 1. The highest BCUT2D eigenvalue weighted by molar-refractivity contribution is 7.13. The predicted molar refractivity (Wildman–Crippen MR) is 110 cm³/mol. The lowest BCUT2D eigenvalue weighted by molar-refractivity contribution is 0.0932. The van der Waals surface area contributed by atoms with E-state index in [4.69, 9.17) is 0 Å². The third-order valence-electron chi connectivity index (χ3n) is 5.02. The highest BCUT2D eigenvalue weighted by Crippen LogP contribution is 2.21. The summed E-state index contributed by atoms with van der Waals surface area (Å²) >= 11 is 1.38. The summed E-state index contributed by atoms with van der Waals surface area (Å²) in [7, 11) is 0. The second kappa shape index (κ2) is 8.61. The second-order valence-corrected chi connectivity index (χ2v) is 7.69. The van der Waals surface area contributed by atoms with Gasteiger partial charge >= 0.3 is 0 Å². The van der Waals surface area contributed by atoms with Crippen molar-refractivity contribution in [1.82, 2.24) is 19.5 Å². The van der Waals surface area contributed by atoms with Gasteiger partial charge < -0.3 is 5.32 Å². The summed E-state index contributed by atoms with van der Waals surface area (Å²) in [5, 5.41) is 3.96. The zero-order valence-corrected chi connectivity index (χ0v) is 16.1. The highest BCUT2D eigenvalue weighted by atomic mass is 32.1. The van der Waals surface area contributed by atoms with Gasteiger partial charge in [0.1, 0.15) is 5.69 Å². The number of hydrogen-bond acceptors (Lipinski definition) is 5. The Morgan fingerprint density at radius 3 is 2.48 bits per heavy atom. The SMILES string of the molecule is O=C(NCCN1CCN(Cc2ccccc2)CC1)c1nsc2ccccc12. The van der Waals surface area contributed by atoms with Crippen molar-refractivity contribution in [1.29, 1.82) is 0 Å². The molecule has 0 radical (unpaired) electrons. The first-order valence-electron chi connectivity index (χ1n) is 9.41. The zero-order chi connectivity index (χ0) is 18.5. The molecule has 1 aromatic heterocycles. The monoisotopic (exact) mass is 380 g/mol. The Balaban J connectivity index is 1.21. The van der Waals surface area contributed by atoms with E-state index in [-0.39, 0.29) is 5.91 Å². The van der Waals surface area contributed by atoms with Crippen molar-refractivity contribution >= 4 is 27.5 Å². The van der Waals surface area contributed by atoms with Gasteiger partial charge in [0, 0.05) is 51.2 Å². The van der Waals surface area contributed by atoms with E-state index in [1.165, 1.54) is 17.1 Å². The fraction of sp³-hybridized carbons (Fsp3) is 0.333. The van der Waals surface area contributed by atoms with Gasteiger partial charge in [-0.1, -0.05) is 48.5 Å². The van der Waals surface area contributed by atoms with Gasteiger partial charge in [0.25, 0.3) is 5.91 Å². The molecular weight excluding hydrogens is 356 g/mol. The average Bonchev–Trinajstić information content (AvgIpc) is 3.14. The van der Waals surface area contributed by atoms with Crippen LogP contribution in [0.4, 0.5) is 0 Å². The zero-order valence-electron chi connectivity index (χ0n) is 15.3. The molecule has 27 heavy (non-hydrogen) atoms. The molecule has 5 nitrogen and oxygen atoms in total. The Kier molecular flexibility index (Phi) is 5.77. The Labute approximate surface area is 163 Å². The third-order valence-corrected chi connectivity index (χ3v) is 5.85. The maximum absolute atomic E-state index is 12.4. The Morgan fingerprint density at radius 2 is 1.67 bits per heavy atom. The molecule has 0 saturated carbocycles. The molecule has 2 aromatic carbocycles. The quantitative estimate of drug-likeness (QED) is 0.714. The number of fused-ring (bicyclic) bond motifs is 1. The highest BCUT2D eigenvalue weighted by Gasteiger charge is 2.18. The van der Waals surface area contributed by atoms with Gasteiger partial charge in [0.2, 0.25) is 0 Å². The molecule has 4 rings (SSSR count). The first kappa shape index (κ1) is 18.1. The summed E-state index contributed by atoms with van der Waals surface area (Å²) in [6.07, 6.45) is 0. The number of hydrogen-bond donors (Lipinski definition) is 1. The van der Waals surface area contributed by atoms with Crippen molar-refractivity contribution in [2.24, 2.45) is 0 Å². The van der Waals surface area contributed by atoms with E-state index in [9.17, 15) is 4.79 Å². The topological polar surface area (TPSA) is 48.5 Å². The predicted octanol–water partition coefficient (Wildman–Crippen LogP) is 2.84.